The molecule has 3 aliphatic rings. The summed E-state index contributed by atoms with van der Waals surface area (Å²) in [6.07, 6.45) is 4.85. The number of carbonyl (C=O) groups excluding carboxylic acids is 1. The van der Waals surface area contributed by atoms with Crippen LogP contribution in [0.15, 0.2) is 42.5 Å². The number of ether oxygens (including phenoxy) is 2. The number of halogens is 3. The van der Waals surface area contributed by atoms with Gasteiger partial charge in [-0.1, -0.05) is 53.5 Å². The number of alkyl halides is 3. The topological polar surface area (TPSA) is 98.9 Å². The molecule has 0 spiro atoms. The third-order valence-corrected chi connectivity index (χ3v) is 11.4. The maximum absolute atomic E-state index is 12.2. The van der Waals surface area contributed by atoms with E-state index in [0.29, 0.717) is 34.7 Å². The fourth-order valence-corrected chi connectivity index (χ4v) is 7.30. The Morgan fingerprint density at radius 2 is 1.69 bits per heavy atom. The molecular weight excluding hydrogens is 654 g/mol. The van der Waals surface area contributed by atoms with Crippen LogP contribution in [0.3, 0.4) is 0 Å². The number of nitro benzene ring substituents is 1. The monoisotopic (exact) mass is 705 g/mol. The molecule has 6 unspecified atom stereocenters. The summed E-state index contributed by atoms with van der Waals surface area (Å²) in [7, 11) is 4.37. The van der Waals surface area contributed by atoms with Crippen molar-refractivity contribution in [2.24, 2.45) is 22.7 Å². The van der Waals surface area contributed by atoms with E-state index in [0.717, 1.165) is 38.5 Å². The minimum atomic E-state index is -3.39. The third kappa shape index (κ3) is 10.6. The molecule has 2 aromatic carbocycles. The molecule has 1 N–H and O–H groups in total. The molecule has 7 nitrogen and oxygen atoms in total. The van der Waals surface area contributed by atoms with Gasteiger partial charge in [-0.15, -0.1) is 0 Å². The maximum Gasteiger partial charge on any atom is 0.519 e. The molecule has 0 bridgehead atoms. The van der Waals surface area contributed by atoms with Crippen LogP contribution in [-0.4, -0.2) is 47.9 Å². The van der Waals surface area contributed by atoms with Crippen LogP contribution in [-0.2, 0) is 6.42 Å². The number of benzene rings is 2. The van der Waals surface area contributed by atoms with E-state index in [4.69, 9.17) is 9.47 Å². The smallest absolute Gasteiger partial charge is 0.395 e. The highest BCUT2D eigenvalue weighted by Crippen LogP contribution is 2.61. The van der Waals surface area contributed by atoms with Gasteiger partial charge in [0.05, 0.1) is 11.0 Å². The minimum Gasteiger partial charge on any atom is -0.395 e. The van der Waals surface area contributed by atoms with Crippen LogP contribution >= 0.6 is 12.6 Å². The Labute approximate surface area is 295 Å². The van der Waals surface area contributed by atoms with Gasteiger partial charge in [-0.3, -0.25) is 14.5 Å². The zero-order valence-electron chi connectivity index (χ0n) is 29.3. The highest BCUT2D eigenvalue weighted by molar-refractivity contribution is 7.80. The number of nitrogens with zero attached hydrogens (tertiary/aromatic N) is 1. The van der Waals surface area contributed by atoms with Crippen molar-refractivity contribution in [1.29, 1.82) is 0 Å². The second-order valence-corrected chi connectivity index (χ2v) is 14.9. The lowest BCUT2D eigenvalue weighted by molar-refractivity contribution is -0.384. The molecule has 49 heavy (non-hydrogen) atoms. The summed E-state index contributed by atoms with van der Waals surface area (Å²) < 4.78 is 46.7. The van der Waals surface area contributed by atoms with Crippen LogP contribution in [0.2, 0.25) is 0 Å². The summed E-state index contributed by atoms with van der Waals surface area (Å²) in [4.78, 5) is 22.4. The summed E-state index contributed by atoms with van der Waals surface area (Å²) in [6, 6.07) is 11.1. The van der Waals surface area contributed by atoms with Crippen molar-refractivity contribution >= 4 is 32.3 Å². The number of hydrogen-bond donors (Lipinski definition) is 2. The zero-order valence-corrected chi connectivity index (χ0v) is 30.2. The van der Waals surface area contributed by atoms with E-state index in [1.165, 1.54) is 48.2 Å². The molecule has 2 radical (unpaired) electrons. The Hall–Kier alpha value is -2.73. The first-order valence-electron chi connectivity index (χ1n) is 17.3. The normalized spacial score (nSPS) is 24.8. The third-order valence-electron chi connectivity index (χ3n) is 11.1. The van der Waals surface area contributed by atoms with Crippen LogP contribution < -0.4 is 9.47 Å². The van der Waals surface area contributed by atoms with Crippen molar-refractivity contribution in [2.75, 3.05) is 5.75 Å². The largest absolute Gasteiger partial charge is 0.519 e. The number of fused-ring (bicyclic) bond motifs is 5. The molecule has 0 saturated heterocycles. The molecular formula is C37H51BF3NO6S. The van der Waals surface area contributed by atoms with E-state index in [-0.39, 0.29) is 29.4 Å². The average Bonchev–Trinajstić information content (AvgIpc) is 3.38. The van der Waals surface area contributed by atoms with Crippen molar-refractivity contribution in [2.45, 2.75) is 123 Å². The number of hydrogen-bond acceptors (Lipinski definition) is 7. The van der Waals surface area contributed by atoms with Crippen LogP contribution in [0.1, 0.15) is 109 Å². The first kappa shape index (κ1) is 40.7. The van der Waals surface area contributed by atoms with Crippen molar-refractivity contribution in [1.82, 2.24) is 0 Å². The summed E-state index contributed by atoms with van der Waals surface area (Å²) >= 11 is 3.70. The standard InChI is InChI=1S/C25H27NO6.C7H16.C5H8BF3S/c1-25-13-12-20-19-9-7-18(14-15(19)2-8-21(20)22(25)10-11-23(25)27)32-24(28)31-17-5-3-16(4-6-17)26(29)30;1-5-7(3,4)6-2;6-4(7)5(8,9)2-1-3-10/h3-7,9,14,20-23,27H,2,8,10-13H2,1H3;5-6H2,1-4H3;4,10H,1-3H2. The molecule has 12 heteroatoms. The van der Waals surface area contributed by atoms with Gasteiger partial charge >= 0.3 is 6.16 Å². The number of thiol groups is 1. The fraction of sp³-hybridized carbons (Fsp3) is 0.649. The molecule has 0 amide bonds. The first-order chi connectivity index (χ1) is 23.0. The Morgan fingerprint density at radius 1 is 1.08 bits per heavy atom. The van der Waals surface area contributed by atoms with Gasteiger partial charge in [0.2, 0.25) is 0 Å². The van der Waals surface area contributed by atoms with Gasteiger partial charge in [0.15, 0.2) is 0 Å². The molecule has 2 fully saturated rings. The second-order valence-electron chi connectivity index (χ2n) is 14.5. The zero-order chi connectivity index (χ0) is 36.6. The van der Waals surface area contributed by atoms with Gasteiger partial charge in [0.25, 0.3) is 11.6 Å². The molecule has 0 aromatic heterocycles. The lowest BCUT2D eigenvalue weighted by Crippen LogP contribution is -2.43. The van der Waals surface area contributed by atoms with Crippen molar-refractivity contribution in [3.8, 4) is 11.5 Å². The van der Waals surface area contributed by atoms with Gasteiger partial charge in [0, 0.05) is 18.6 Å². The Bertz CT molecular complexity index is 1390. The molecule has 270 valence electrons. The lowest BCUT2D eigenvalue weighted by atomic mass is 9.55. The van der Waals surface area contributed by atoms with Gasteiger partial charge in [0.1, 0.15) is 25.4 Å². The van der Waals surface area contributed by atoms with Crippen LogP contribution in [0, 0.1) is 32.8 Å². The summed E-state index contributed by atoms with van der Waals surface area (Å²) in [6.45, 7) is 11.3. The highest BCUT2D eigenvalue weighted by atomic mass is 32.1. The fourth-order valence-electron chi connectivity index (χ4n) is 7.15. The summed E-state index contributed by atoms with van der Waals surface area (Å²) in [5, 5.41) is 21.3. The lowest BCUT2D eigenvalue weighted by Gasteiger charge is -2.50. The quantitative estimate of drug-likeness (QED) is 0.0673. The summed E-state index contributed by atoms with van der Waals surface area (Å²) in [5.74, 6) is -0.751. The molecule has 6 atom stereocenters. The minimum absolute atomic E-state index is 0.0589. The van der Waals surface area contributed by atoms with Gasteiger partial charge < -0.3 is 14.6 Å². The number of aryl methyl sites for hydroxylation is 1. The number of nitro groups is 1. The van der Waals surface area contributed by atoms with Crippen LogP contribution in [0.25, 0.3) is 0 Å². The Balaban J connectivity index is 0.000000318. The first-order valence-corrected chi connectivity index (χ1v) is 17.9. The van der Waals surface area contributed by atoms with Gasteiger partial charge in [-0.2, -0.15) is 12.6 Å². The number of non-ortho nitro benzene ring substituents is 1. The van der Waals surface area contributed by atoms with Gasteiger partial charge in [-0.05, 0) is 115 Å². The molecule has 0 aliphatic heterocycles. The molecule has 2 aromatic rings. The average molecular weight is 706 g/mol. The van der Waals surface area contributed by atoms with Crippen molar-refractivity contribution < 1.29 is 37.5 Å². The number of aliphatic hydroxyl groups excluding tert-OH is 1. The van der Waals surface area contributed by atoms with E-state index in [1.807, 2.05) is 12.1 Å². The predicted molar refractivity (Wildman–Crippen MR) is 190 cm³/mol. The maximum atomic E-state index is 12.2. The summed E-state index contributed by atoms with van der Waals surface area (Å²) in [5.41, 5.74) is 3.13. The van der Waals surface area contributed by atoms with Crippen molar-refractivity contribution in [3.63, 3.8) is 0 Å². The van der Waals surface area contributed by atoms with Gasteiger partial charge in [-0.25, -0.2) is 13.6 Å². The Kier molecular flexibility index (Phi) is 14.5. The van der Waals surface area contributed by atoms with Crippen molar-refractivity contribution in [3.05, 3.63) is 63.7 Å². The van der Waals surface area contributed by atoms with Crippen LogP contribution in [0.4, 0.5) is 23.7 Å². The van der Waals surface area contributed by atoms with E-state index in [2.05, 4.69) is 61.2 Å². The highest BCUT2D eigenvalue weighted by Gasteiger charge is 2.54. The second kappa shape index (κ2) is 17.5. The number of carbonyl (C=O) groups is 1. The molecule has 2 saturated carbocycles. The van der Waals surface area contributed by atoms with Crippen LogP contribution in [0.5, 0.6) is 11.5 Å². The number of aliphatic hydroxyl groups is 1. The van der Waals surface area contributed by atoms with E-state index in [1.54, 1.807) is 0 Å². The van der Waals surface area contributed by atoms with E-state index >= 15 is 0 Å². The predicted octanol–water partition coefficient (Wildman–Crippen LogP) is 10.0. The van der Waals surface area contributed by atoms with E-state index < -0.39 is 29.5 Å². The molecule has 5 rings (SSSR count). The number of rotatable bonds is 9. The SMILES string of the molecule is CC12CCC3c4ccc(OC(=O)Oc5ccc([N+](=O)[O-])cc5)cc4CCC3C1CCC2O.CCC(C)(C)CC.[B]C(F)C(F)(F)CCCS. The molecule has 3 aliphatic carbocycles. The molecule has 0 heterocycles. The Morgan fingerprint density at radius 3 is 2.24 bits per heavy atom. The van der Waals surface area contributed by atoms with E-state index in [9.17, 15) is 33.2 Å².